The molecule has 1 amide bonds. The lowest BCUT2D eigenvalue weighted by Gasteiger charge is -2.31. The van der Waals surface area contributed by atoms with Crippen LogP contribution in [0, 0.1) is 5.92 Å². The lowest BCUT2D eigenvalue weighted by atomic mass is 9.88. The van der Waals surface area contributed by atoms with Crippen LogP contribution in [0.4, 0.5) is 8.78 Å². The third-order valence-corrected chi connectivity index (χ3v) is 6.58. The number of nitrogens with zero attached hydrogens (tertiary/aromatic N) is 2. The summed E-state index contributed by atoms with van der Waals surface area (Å²) in [4.78, 5) is 46.6. The first kappa shape index (κ1) is 24.2. The van der Waals surface area contributed by atoms with Gasteiger partial charge in [0.15, 0.2) is 5.78 Å². The molecule has 9 heteroatoms. The van der Waals surface area contributed by atoms with Gasteiger partial charge in [0.25, 0.3) is 11.5 Å². The zero-order chi connectivity index (χ0) is 24.3. The topological polar surface area (TPSA) is 92.4 Å². The monoisotopic (exact) mass is 473 g/mol. The van der Waals surface area contributed by atoms with Crippen molar-refractivity contribution in [2.75, 3.05) is 19.7 Å². The predicted octanol–water partition coefficient (Wildman–Crippen LogP) is 3.40. The summed E-state index contributed by atoms with van der Waals surface area (Å²) in [6, 6.07) is 5.51. The highest BCUT2D eigenvalue weighted by molar-refractivity contribution is 5.98. The summed E-state index contributed by atoms with van der Waals surface area (Å²) in [5.41, 5.74) is 1.50. The summed E-state index contributed by atoms with van der Waals surface area (Å²) in [6.45, 7) is 2.66. The normalized spacial score (nSPS) is 16.9. The molecule has 0 atom stereocenters. The number of H-pyrrole nitrogens is 1. The van der Waals surface area contributed by atoms with Crippen LogP contribution < -0.4 is 5.56 Å². The van der Waals surface area contributed by atoms with Crippen molar-refractivity contribution in [1.82, 2.24) is 14.9 Å². The van der Waals surface area contributed by atoms with Crippen molar-refractivity contribution >= 4 is 11.7 Å². The minimum atomic E-state index is -2.94. The maximum absolute atomic E-state index is 13.4. The van der Waals surface area contributed by atoms with Crippen LogP contribution in [0.15, 0.2) is 29.1 Å². The minimum absolute atomic E-state index is 0.0223. The molecule has 2 aliphatic heterocycles. The summed E-state index contributed by atoms with van der Waals surface area (Å²) in [7, 11) is 0. The number of alkyl halides is 2. The van der Waals surface area contributed by atoms with E-state index in [0.717, 1.165) is 12.6 Å². The van der Waals surface area contributed by atoms with Gasteiger partial charge in [0.05, 0.1) is 24.5 Å². The van der Waals surface area contributed by atoms with Gasteiger partial charge in [0.2, 0.25) is 5.91 Å². The molecule has 2 aliphatic rings. The van der Waals surface area contributed by atoms with E-state index in [1.807, 2.05) is 0 Å². The Morgan fingerprint density at radius 3 is 2.59 bits per heavy atom. The van der Waals surface area contributed by atoms with Crippen LogP contribution in [0.2, 0.25) is 0 Å². The van der Waals surface area contributed by atoms with Gasteiger partial charge in [-0.25, -0.2) is 13.8 Å². The van der Waals surface area contributed by atoms with Crippen LogP contribution in [0.3, 0.4) is 0 Å². The molecule has 0 saturated carbocycles. The summed E-state index contributed by atoms with van der Waals surface area (Å²) in [5, 5.41) is 0. The molecule has 3 heterocycles. The van der Waals surface area contributed by atoms with Crippen molar-refractivity contribution in [2.45, 2.75) is 58.0 Å². The van der Waals surface area contributed by atoms with Gasteiger partial charge in [0.1, 0.15) is 5.82 Å². The van der Waals surface area contributed by atoms with E-state index in [1.54, 1.807) is 4.90 Å². The zero-order valence-corrected chi connectivity index (χ0v) is 19.2. The fourth-order valence-electron chi connectivity index (χ4n) is 4.53. The van der Waals surface area contributed by atoms with E-state index in [1.165, 1.54) is 24.3 Å². The fraction of sp³-hybridized carbons (Fsp3) is 0.520. The molecular weight excluding hydrogens is 444 g/mol. The Morgan fingerprint density at radius 2 is 1.91 bits per heavy atom. The van der Waals surface area contributed by atoms with Crippen LogP contribution >= 0.6 is 0 Å². The van der Waals surface area contributed by atoms with Crippen molar-refractivity contribution in [2.24, 2.45) is 5.92 Å². The molecule has 0 radical (unpaired) electrons. The average Bonchev–Trinajstić information content (AvgIpc) is 2.83. The summed E-state index contributed by atoms with van der Waals surface area (Å²) in [6.07, 6.45) is 3.15. The molecule has 182 valence electrons. The van der Waals surface area contributed by atoms with E-state index < -0.39 is 5.92 Å². The number of benzene rings is 1. The highest BCUT2D eigenvalue weighted by atomic mass is 19.3. The van der Waals surface area contributed by atoms with E-state index in [-0.39, 0.29) is 35.3 Å². The number of Topliss-reactive ketones (excluding diaryl/α,β-unsaturated/α-hetero) is 1. The maximum Gasteiger partial charge on any atom is 0.270 e. The Hall–Kier alpha value is -2.94. The second-order valence-electron chi connectivity index (χ2n) is 9.08. The molecule has 1 fully saturated rings. The molecule has 2 aromatic rings. The molecule has 0 bridgehead atoms. The number of nitrogens with one attached hydrogen (secondary N) is 1. The molecule has 1 aromatic carbocycles. The first-order chi connectivity index (χ1) is 16.2. The number of rotatable bonds is 7. The Balaban J connectivity index is 1.24. The standard InChI is InChI=1S/C25H29F2N3O4/c1-25(26,27)18-7-5-16(6-8-18)23(32)17-9-12-30(13-10-17)22(31)4-2-3-21-28-20-11-14-34-15-19(20)24(33)29-21/h5-8,17H,2-4,9-15H2,1H3,(H,28,29,33). The Kier molecular flexibility index (Phi) is 7.21. The number of piperidine rings is 1. The van der Waals surface area contributed by atoms with Crippen LogP contribution in [-0.2, 0) is 34.9 Å². The molecule has 0 spiro atoms. The van der Waals surface area contributed by atoms with E-state index in [4.69, 9.17) is 4.74 Å². The summed E-state index contributed by atoms with van der Waals surface area (Å²) in [5.74, 6) is -2.60. The maximum atomic E-state index is 13.4. The molecule has 1 aromatic heterocycles. The number of fused-ring (bicyclic) bond motifs is 1. The Bertz CT molecular complexity index is 1100. The van der Waals surface area contributed by atoms with E-state index in [0.29, 0.717) is 75.2 Å². The molecular formula is C25H29F2N3O4. The van der Waals surface area contributed by atoms with Gasteiger partial charge in [0, 0.05) is 56.3 Å². The predicted molar refractivity (Wildman–Crippen MR) is 121 cm³/mol. The van der Waals surface area contributed by atoms with Crippen molar-refractivity contribution in [1.29, 1.82) is 0 Å². The first-order valence-electron chi connectivity index (χ1n) is 11.7. The van der Waals surface area contributed by atoms with Crippen LogP contribution in [0.25, 0.3) is 0 Å². The lowest BCUT2D eigenvalue weighted by Crippen LogP contribution is -2.40. The quantitative estimate of drug-likeness (QED) is 0.623. The molecule has 34 heavy (non-hydrogen) atoms. The van der Waals surface area contributed by atoms with Gasteiger partial charge in [-0.1, -0.05) is 24.3 Å². The molecule has 1 saturated heterocycles. The smallest absolute Gasteiger partial charge is 0.270 e. The van der Waals surface area contributed by atoms with Gasteiger partial charge < -0.3 is 14.6 Å². The highest BCUT2D eigenvalue weighted by Gasteiger charge is 2.29. The highest BCUT2D eigenvalue weighted by Crippen LogP contribution is 2.28. The fourth-order valence-corrected chi connectivity index (χ4v) is 4.53. The number of hydrogen-bond acceptors (Lipinski definition) is 5. The lowest BCUT2D eigenvalue weighted by molar-refractivity contribution is -0.132. The number of halogens is 2. The number of ether oxygens (including phenoxy) is 1. The number of aryl methyl sites for hydroxylation is 1. The number of hydrogen-bond donors (Lipinski definition) is 1. The summed E-state index contributed by atoms with van der Waals surface area (Å²) >= 11 is 0. The van der Waals surface area contributed by atoms with Crippen molar-refractivity contribution in [3.63, 3.8) is 0 Å². The number of likely N-dealkylation sites (tertiary alicyclic amines) is 1. The number of amides is 1. The second kappa shape index (κ2) is 10.1. The Labute approximate surface area is 196 Å². The number of carbonyl (C=O) groups excluding carboxylic acids is 2. The van der Waals surface area contributed by atoms with Gasteiger partial charge in [-0.05, 0) is 19.3 Å². The van der Waals surface area contributed by atoms with Crippen LogP contribution in [-0.4, -0.2) is 46.3 Å². The third-order valence-electron chi connectivity index (χ3n) is 6.58. The molecule has 0 unspecified atom stereocenters. The average molecular weight is 474 g/mol. The number of aromatic nitrogens is 2. The molecule has 4 rings (SSSR count). The van der Waals surface area contributed by atoms with Crippen molar-refractivity contribution in [3.8, 4) is 0 Å². The summed E-state index contributed by atoms with van der Waals surface area (Å²) < 4.78 is 32.1. The van der Waals surface area contributed by atoms with Gasteiger partial charge in [-0.3, -0.25) is 14.4 Å². The first-order valence-corrected chi connectivity index (χ1v) is 11.7. The van der Waals surface area contributed by atoms with Gasteiger partial charge in [-0.2, -0.15) is 0 Å². The van der Waals surface area contributed by atoms with Crippen molar-refractivity contribution in [3.05, 3.63) is 62.8 Å². The number of aromatic amines is 1. The molecule has 0 aliphatic carbocycles. The zero-order valence-electron chi connectivity index (χ0n) is 19.2. The Morgan fingerprint density at radius 1 is 1.21 bits per heavy atom. The van der Waals surface area contributed by atoms with Crippen molar-refractivity contribution < 1.29 is 23.1 Å². The molecule has 7 nitrogen and oxygen atoms in total. The SMILES string of the molecule is CC(F)(F)c1ccc(C(=O)C2CCN(C(=O)CCCc3nc4c(c(=O)[nH]3)COCC4)CC2)cc1. The third kappa shape index (κ3) is 5.58. The van der Waals surface area contributed by atoms with E-state index in [2.05, 4.69) is 9.97 Å². The second-order valence-corrected chi connectivity index (χ2v) is 9.08. The van der Waals surface area contributed by atoms with Gasteiger partial charge >= 0.3 is 0 Å². The van der Waals surface area contributed by atoms with Gasteiger partial charge in [-0.15, -0.1) is 0 Å². The number of ketones is 1. The largest absolute Gasteiger partial charge is 0.376 e. The molecule has 1 N–H and O–H groups in total. The van der Waals surface area contributed by atoms with Crippen LogP contribution in [0.1, 0.15) is 65.6 Å². The van der Waals surface area contributed by atoms with E-state index >= 15 is 0 Å². The van der Waals surface area contributed by atoms with Crippen LogP contribution in [0.5, 0.6) is 0 Å². The number of carbonyl (C=O) groups is 2. The minimum Gasteiger partial charge on any atom is -0.376 e. The van der Waals surface area contributed by atoms with E-state index in [9.17, 15) is 23.2 Å².